The van der Waals surface area contributed by atoms with E-state index >= 15 is 4.39 Å². The van der Waals surface area contributed by atoms with Gasteiger partial charge in [0.1, 0.15) is 25.3 Å². The van der Waals surface area contributed by atoms with Gasteiger partial charge in [-0.15, -0.1) is 0 Å². The molecule has 43 heavy (non-hydrogen) atoms. The fourth-order valence-electron chi connectivity index (χ4n) is 5.35. The Kier molecular flexibility index (Phi) is 9.01. The van der Waals surface area contributed by atoms with Gasteiger partial charge in [0.25, 0.3) is 0 Å². The van der Waals surface area contributed by atoms with Crippen molar-refractivity contribution in [1.82, 2.24) is 24.6 Å². The lowest BCUT2D eigenvalue weighted by Crippen LogP contribution is -2.37. The lowest BCUT2D eigenvalue weighted by Gasteiger charge is -2.30. The number of halogens is 1. The highest BCUT2D eigenvalue weighted by molar-refractivity contribution is 8.10. The van der Waals surface area contributed by atoms with E-state index in [-0.39, 0.29) is 30.6 Å². The molecule has 2 aromatic carbocycles. The number of nitrogens with two attached hydrogens (primary N) is 1. The predicted molar refractivity (Wildman–Crippen MR) is 169 cm³/mol. The van der Waals surface area contributed by atoms with Gasteiger partial charge in [-0.1, -0.05) is 49.4 Å². The molecule has 1 fully saturated rings. The second-order valence-electron chi connectivity index (χ2n) is 11.2. The van der Waals surface area contributed by atoms with Crippen LogP contribution in [-0.2, 0) is 36.8 Å². The molecule has 0 saturated carbocycles. The minimum atomic E-state index is -3.05. The number of hydrogen-bond donors (Lipinski definition) is 3. The minimum Gasteiger partial charge on any atom is -0.462 e. The van der Waals surface area contributed by atoms with Crippen LogP contribution in [-0.4, -0.2) is 57.1 Å². The summed E-state index contributed by atoms with van der Waals surface area (Å²) in [5, 5.41) is 8.21. The van der Waals surface area contributed by atoms with Crippen LogP contribution >= 0.6 is 6.42 Å². The van der Waals surface area contributed by atoms with E-state index in [0.717, 1.165) is 16.3 Å². The number of benzene rings is 2. The largest absolute Gasteiger partial charge is 0.462 e. The molecule has 230 valence electrons. The molecule has 1 saturated heterocycles. The summed E-state index contributed by atoms with van der Waals surface area (Å²) in [5.41, 5.74) is 7.77. The van der Waals surface area contributed by atoms with Crippen molar-refractivity contribution < 1.29 is 23.2 Å². The molecular formula is C29H37FN7O4PS. The maximum Gasteiger partial charge on any atom is 0.323 e. The van der Waals surface area contributed by atoms with Crippen LogP contribution in [0.3, 0.4) is 0 Å². The number of rotatable bonds is 11. The summed E-state index contributed by atoms with van der Waals surface area (Å²) in [5.74, 6) is -2.35. The first kappa shape index (κ1) is 31.2. The summed E-state index contributed by atoms with van der Waals surface area (Å²) in [6.07, 6.45) is -2.19. The molecular weight excluding hydrogens is 592 g/mol. The van der Waals surface area contributed by atoms with E-state index in [4.69, 9.17) is 31.5 Å². The van der Waals surface area contributed by atoms with Gasteiger partial charge in [-0.05, 0) is 48.9 Å². The number of nitrogens with zero attached hydrogens (tertiary/aromatic N) is 4. The molecule has 0 bridgehead atoms. The van der Waals surface area contributed by atoms with Gasteiger partial charge in [0.2, 0.25) is 11.8 Å². The van der Waals surface area contributed by atoms with Crippen molar-refractivity contribution >= 4 is 57.9 Å². The van der Waals surface area contributed by atoms with Gasteiger partial charge in [-0.2, -0.15) is 9.97 Å². The Morgan fingerprint density at radius 1 is 1.26 bits per heavy atom. The SMILES string of the molecule is CNc1nc(N)nc2c1ncn2[C@@H]1O[C@](F)(COP(=S)(Cc2cccc3ccccc23)N[C@H](C)C(=O)OC(C)C)C[C@@H]1C. The quantitative estimate of drug-likeness (QED) is 0.148. The van der Waals surface area contributed by atoms with Crippen LogP contribution in [0, 0.1) is 5.92 Å². The second-order valence-corrected chi connectivity index (χ2v) is 15.1. The van der Waals surface area contributed by atoms with E-state index in [9.17, 15) is 4.79 Å². The molecule has 0 amide bonds. The fraction of sp³-hybridized carbons (Fsp3) is 0.448. The molecule has 11 nitrogen and oxygen atoms in total. The van der Waals surface area contributed by atoms with Crippen LogP contribution in [0.15, 0.2) is 48.8 Å². The molecule has 4 aromatic rings. The van der Waals surface area contributed by atoms with Crippen molar-refractivity contribution in [3.05, 3.63) is 54.4 Å². The van der Waals surface area contributed by atoms with Gasteiger partial charge in [-0.3, -0.25) is 14.4 Å². The average molecular weight is 630 g/mol. The van der Waals surface area contributed by atoms with E-state index in [1.54, 1.807) is 38.7 Å². The molecule has 1 aliphatic rings. The Morgan fingerprint density at radius 2 is 2.00 bits per heavy atom. The van der Waals surface area contributed by atoms with E-state index in [1.165, 1.54) is 0 Å². The number of esters is 1. The number of carbonyl (C=O) groups excluding carboxylic acids is 1. The van der Waals surface area contributed by atoms with Crippen LogP contribution in [0.25, 0.3) is 21.9 Å². The molecule has 1 aliphatic heterocycles. The first-order chi connectivity index (χ1) is 20.4. The molecule has 0 spiro atoms. The molecule has 2 aromatic heterocycles. The Balaban J connectivity index is 1.39. The smallest absolute Gasteiger partial charge is 0.323 e. The number of fused-ring (bicyclic) bond motifs is 2. The van der Waals surface area contributed by atoms with Gasteiger partial charge < -0.3 is 25.0 Å². The van der Waals surface area contributed by atoms with Gasteiger partial charge >= 0.3 is 5.97 Å². The number of nitrogen functional groups attached to an aromatic ring is 1. The molecule has 14 heteroatoms. The third kappa shape index (κ3) is 6.81. The Hall–Kier alpha value is -3.22. The maximum absolute atomic E-state index is 16.4. The van der Waals surface area contributed by atoms with E-state index in [0.29, 0.717) is 17.0 Å². The Morgan fingerprint density at radius 3 is 2.74 bits per heavy atom. The summed E-state index contributed by atoms with van der Waals surface area (Å²) in [7, 11) is 1.71. The Labute approximate surface area is 254 Å². The van der Waals surface area contributed by atoms with E-state index in [1.807, 2.05) is 49.4 Å². The number of alkyl halides is 1. The monoisotopic (exact) mass is 629 g/mol. The third-order valence-corrected chi connectivity index (χ3v) is 10.3. The minimum absolute atomic E-state index is 0.0470. The fourth-order valence-corrected chi connectivity index (χ4v) is 8.47. The molecule has 0 aliphatic carbocycles. The lowest BCUT2D eigenvalue weighted by molar-refractivity contribution is -0.172. The highest BCUT2D eigenvalue weighted by Gasteiger charge is 2.48. The Bertz CT molecular complexity index is 1680. The van der Waals surface area contributed by atoms with Crippen LogP contribution in [0.1, 0.15) is 45.9 Å². The number of aromatic nitrogens is 4. The van der Waals surface area contributed by atoms with Crippen molar-refractivity contribution in [3.8, 4) is 0 Å². The highest BCUT2D eigenvalue weighted by Crippen LogP contribution is 2.51. The van der Waals surface area contributed by atoms with Gasteiger partial charge in [0.15, 0.2) is 17.0 Å². The summed E-state index contributed by atoms with van der Waals surface area (Å²) in [6, 6.07) is 13.1. The van der Waals surface area contributed by atoms with Gasteiger partial charge in [-0.25, -0.2) is 9.37 Å². The molecule has 5 rings (SSSR count). The molecule has 0 radical (unpaired) electrons. The van der Waals surface area contributed by atoms with Gasteiger partial charge in [0, 0.05) is 25.5 Å². The molecule has 5 atom stereocenters. The van der Waals surface area contributed by atoms with Crippen LogP contribution in [0.5, 0.6) is 0 Å². The number of hydrogen-bond acceptors (Lipinski definition) is 10. The van der Waals surface area contributed by atoms with Crippen molar-refractivity contribution in [2.45, 2.75) is 64.5 Å². The zero-order valence-electron chi connectivity index (χ0n) is 24.8. The van der Waals surface area contributed by atoms with E-state index in [2.05, 4.69) is 25.4 Å². The molecule has 3 heterocycles. The van der Waals surface area contributed by atoms with Crippen molar-refractivity contribution in [1.29, 1.82) is 0 Å². The topological polar surface area (TPSA) is 138 Å². The first-order valence-corrected chi connectivity index (χ1v) is 17.0. The van der Waals surface area contributed by atoms with Crippen molar-refractivity contribution in [2.75, 3.05) is 24.7 Å². The first-order valence-electron chi connectivity index (χ1n) is 14.1. The molecule has 1 unspecified atom stereocenters. The van der Waals surface area contributed by atoms with Crippen LogP contribution < -0.4 is 16.1 Å². The highest BCUT2D eigenvalue weighted by atomic mass is 32.4. The predicted octanol–water partition coefficient (Wildman–Crippen LogP) is 5.28. The summed E-state index contributed by atoms with van der Waals surface area (Å²) >= 11 is 6.08. The number of nitrogens with one attached hydrogen (secondary N) is 2. The standard InChI is InChI=1S/C29H37FN7O4PS/c1-17(2)40-27(38)19(4)36-42(43,14-21-11-8-10-20-9-6-7-12-22(20)21)39-15-29(30)13-18(3)26(41-29)37-16-33-23-24(32-5)34-28(31)35-25(23)37/h6-12,16-19,26H,13-15H2,1-5H3,(H,36,43)(H3,31,32,34,35)/t18-,19+,26+,29-,42?/m0/s1. The van der Waals surface area contributed by atoms with Crippen molar-refractivity contribution in [2.24, 2.45) is 5.92 Å². The number of carbonyl (C=O) groups is 1. The average Bonchev–Trinajstić information content (AvgIpc) is 3.51. The molecule has 4 N–H and O–H groups in total. The maximum atomic E-state index is 16.4. The van der Waals surface area contributed by atoms with Crippen LogP contribution in [0.2, 0.25) is 0 Å². The van der Waals surface area contributed by atoms with Gasteiger partial charge in [0.05, 0.1) is 12.4 Å². The van der Waals surface area contributed by atoms with Crippen molar-refractivity contribution in [3.63, 3.8) is 0 Å². The third-order valence-electron chi connectivity index (χ3n) is 7.24. The van der Waals surface area contributed by atoms with E-state index < -0.39 is 37.1 Å². The number of imidazole rings is 1. The summed E-state index contributed by atoms with van der Waals surface area (Å²) in [6.45, 7) is 6.68. The summed E-state index contributed by atoms with van der Waals surface area (Å²) < 4.78 is 35.8. The summed E-state index contributed by atoms with van der Waals surface area (Å²) in [4.78, 5) is 25.6. The zero-order valence-corrected chi connectivity index (χ0v) is 26.5. The second kappa shape index (κ2) is 12.4. The zero-order chi connectivity index (χ0) is 30.9. The van der Waals surface area contributed by atoms with Crippen LogP contribution in [0.4, 0.5) is 16.2 Å². The normalized spacial score (nSPS) is 22.6. The number of anilines is 2. The lowest BCUT2D eigenvalue weighted by atomic mass is 10.1. The number of ether oxygens (including phenoxy) is 2.